The number of hydrogen-bond donors (Lipinski definition) is 1. The molecule has 0 radical (unpaired) electrons. The van der Waals surface area contributed by atoms with Crippen LogP contribution in [0.25, 0.3) is 0 Å². The first kappa shape index (κ1) is 22.1. The molecule has 7 nitrogen and oxygen atoms in total. The van der Waals surface area contributed by atoms with E-state index in [0.29, 0.717) is 53.0 Å². The molecule has 0 unspecified atom stereocenters. The van der Waals surface area contributed by atoms with E-state index in [1.165, 1.54) is 6.21 Å². The van der Waals surface area contributed by atoms with Crippen molar-refractivity contribution in [2.24, 2.45) is 5.10 Å². The molecule has 1 heterocycles. The zero-order valence-corrected chi connectivity index (χ0v) is 17.7. The summed E-state index contributed by atoms with van der Waals surface area (Å²) in [6, 6.07) is 16.0. The van der Waals surface area contributed by atoms with E-state index in [4.69, 9.17) is 25.8 Å². The van der Waals surface area contributed by atoms with Gasteiger partial charge in [-0.1, -0.05) is 29.8 Å². The molecule has 0 aliphatic carbocycles. The molecular formula is C23H22ClN3O4. The average Bonchev–Trinajstić information content (AvgIpc) is 2.81. The molecule has 8 heteroatoms. The van der Waals surface area contributed by atoms with Crippen molar-refractivity contribution in [3.63, 3.8) is 0 Å². The van der Waals surface area contributed by atoms with Gasteiger partial charge in [-0.05, 0) is 36.4 Å². The van der Waals surface area contributed by atoms with E-state index < -0.39 is 0 Å². The zero-order valence-electron chi connectivity index (χ0n) is 17.0. The second-order valence-electron chi connectivity index (χ2n) is 6.29. The molecule has 0 aliphatic heterocycles. The topological polar surface area (TPSA) is 82.0 Å². The summed E-state index contributed by atoms with van der Waals surface area (Å²) in [6.45, 7) is 0.847. The number of carbonyl (C=O) groups is 1. The summed E-state index contributed by atoms with van der Waals surface area (Å²) in [6.07, 6.45) is 5.24. The van der Waals surface area contributed by atoms with Crippen molar-refractivity contribution < 1.29 is 19.0 Å². The van der Waals surface area contributed by atoms with Crippen molar-refractivity contribution in [2.45, 2.75) is 6.42 Å². The van der Waals surface area contributed by atoms with Crippen LogP contribution in [0.3, 0.4) is 0 Å². The van der Waals surface area contributed by atoms with Crippen molar-refractivity contribution in [3.05, 3.63) is 83.1 Å². The van der Waals surface area contributed by atoms with Crippen molar-refractivity contribution in [1.29, 1.82) is 0 Å². The summed E-state index contributed by atoms with van der Waals surface area (Å²) in [5.74, 6) is 1.40. The number of amides is 1. The van der Waals surface area contributed by atoms with Crippen LogP contribution >= 0.6 is 11.6 Å². The van der Waals surface area contributed by atoms with E-state index in [-0.39, 0.29) is 5.91 Å². The second-order valence-corrected chi connectivity index (χ2v) is 6.70. The van der Waals surface area contributed by atoms with E-state index in [2.05, 4.69) is 15.5 Å². The van der Waals surface area contributed by atoms with Gasteiger partial charge in [-0.25, -0.2) is 5.43 Å². The first-order valence-electron chi connectivity index (χ1n) is 9.59. The summed E-state index contributed by atoms with van der Waals surface area (Å²) >= 11 is 6.08. The highest BCUT2D eigenvalue weighted by molar-refractivity contribution is 6.32. The van der Waals surface area contributed by atoms with Gasteiger partial charge in [0.2, 0.25) is 0 Å². The van der Waals surface area contributed by atoms with E-state index in [1.54, 1.807) is 43.8 Å². The maximum atomic E-state index is 12.1. The largest absolute Gasteiger partial charge is 0.493 e. The number of nitrogens with zero attached hydrogens (tertiary/aromatic N) is 2. The lowest BCUT2D eigenvalue weighted by atomic mass is 10.2. The van der Waals surface area contributed by atoms with Crippen LogP contribution in [-0.4, -0.2) is 37.4 Å². The highest BCUT2D eigenvalue weighted by atomic mass is 35.5. The van der Waals surface area contributed by atoms with Crippen LogP contribution < -0.4 is 19.6 Å². The number of halogens is 1. The number of methoxy groups -OCH3 is 1. The number of aromatic nitrogens is 1. The molecule has 0 bridgehead atoms. The highest BCUT2D eigenvalue weighted by Crippen LogP contribution is 2.30. The van der Waals surface area contributed by atoms with Gasteiger partial charge in [-0.15, -0.1) is 0 Å². The number of pyridine rings is 1. The van der Waals surface area contributed by atoms with Crippen molar-refractivity contribution in [3.8, 4) is 17.2 Å². The summed E-state index contributed by atoms with van der Waals surface area (Å²) in [7, 11) is 1.56. The number of hydrogen-bond acceptors (Lipinski definition) is 6. The molecule has 1 amide bonds. The lowest BCUT2D eigenvalue weighted by Crippen LogP contribution is -2.17. The first-order chi connectivity index (χ1) is 15.2. The molecule has 0 aliphatic rings. The number of ether oxygens (including phenoxy) is 3. The van der Waals surface area contributed by atoms with Crippen molar-refractivity contribution >= 4 is 23.7 Å². The monoisotopic (exact) mass is 439 g/mol. The van der Waals surface area contributed by atoms with Crippen LogP contribution in [0.2, 0.25) is 5.02 Å². The van der Waals surface area contributed by atoms with Gasteiger partial charge in [0.25, 0.3) is 5.91 Å². The molecule has 3 aromatic rings. The molecule has 0 atom stereocenters. The third-order valence-electron chi connectivity index (χ3n) is 4.17. The molecule has 1 N–H and O–H groups in total. The number of carbonyl (C=O) groups excluding carboxylic acids is 1. The number of nitrogens with one attached hydrogen (secondary N) is 1. The number of para-hydroxylation sites is 2. The van der Waals surface area contributed by atoms with E-state index >= 15 is 0 Å². The van der Waals surface area contributed by atoms with Crippen molar-refractivity contribution in [2.75, 3.05) is 20.3 Å². The predicted molar refractivity (Wildman–Crippen MR) is 119 cm³/mol. The van der Waals surface area contributed by atoms with Gasteiger partial charge >= 0.3 is 0 Å². The van der Waals surface area contributed by atoms with Crippen LogP contribution in [0.4, 0.5) is 0 Å². The van der Waals surface area contributed by atoms with Crippen LogP contribution in [0.5, 0.6) is 17.2 Å². The quantitative estimate of drug-likeness (QED) is 0.288. The van der Waals surface area contributed by atoms with Gasteiger partial charge in [-0.2, -0.15) is 5.10 Å². The van der Waals surface area contributed by atoms with Gasteiger partial charge in [0.1, 0.15) is 5.75 Å². The van der Waals surface area contributed by atoms with Gasteiger partial charge in [0.15, 0.2) is 11.5 Å². The maximum absolute atomic E-state index is 12.1. The van der Waals surface area contributed by atoms with Crippen LogP contribution in [0.15, 0.2) is 72.1 Å². The number of benzene rings is 2. The molecule has 0 fully saturated rings. The Balaban J connectivity index is 1.57. The molecule has 31 heavy (non-hydrogen) atoms. The molecule has 160 valence electrons. The molecule has 1 aromatic heterocycles. The Labute approximate surface area is 185 Å². The summed E-state index contributed by atoms with van der Waals surface area (Å²) < 4.78 is 17.0. The van der Waals surface area contributed by atoms with Gasteiger partial charge in [0.05, 0.1) is 31.6 Å². The fourth-order valence-corrected chi connectivity index (χ4v) is 2.85. The van der Waals surface area contributed by atoms with Gasteiger partial charge in [0, 0.05) is 29.9 Å². The third kappa shape index (κ3) is 6.45. The van der Waals surface area contributed by atoms with Gasteiger partial charge < -0.3 is 14.2 Å². The van der Waals surface area contributed by atoms with Crippen molar-refractivity contribution in [1.82, 2.24) is 10.4 Å². The highest BCUT2D eigenvalue weighted by Gasteiger charge is 2.10. The molecule has 3 rings (SSSR count). The third-order valence-corrected chi connectivity index (χ3v) is 4.48. The maximum Gasteiger partial charge on any atom is 0.271 e. The Kier molecular flexibility index (Phi) is 8.25. The Morgan fingerprint density at radius 1 is 1.03 bits per heavy atom. The Hall–Kier alpha value is -3.58. The Morgan fingerprint density at radius 3 is 2.55 bits per heavy atom. The summed E-state index contributed by atoms with van der Waals surface area (Å²) in [4.78, 5) is 16.0. The summed E-state index contributed by atoms with van der Waals surface area (Å²) in [5, 5.41) is 4.60. The first-order valence-corrected chi connectivity index (χ1v) is 9.97. The minimum absolute atomic E-state index is 0.333. The molecule has 0 saturated carbocycles. The van der Waals surface area contributed by atoms with E-state index in [0.717, 1.165) is 0 Å². The Morgan fingerprint density at radius 2 is 1.77 bits per heavy atom. The molecule has 0 spiro atoms. The minimum Gasteiger partial charge on any atom is -0.493 e. The fourth-order valence-electron chi connectivity index (χ4n) is 2.66. The zero-order chi connectivity index (χ0) is 21.9. The SMILES string of the molecule is COc1cccc(C=NNC(=O)c2ccncc2)c1OCCCOc1ccccc1Cl. The lowest BCUT2D eigenvalue weighted by molar-refractivity contribution is 0.0955. The average molecular weight is 440 g/mol. The van der Waals surface area contributed by atoms with Crippen LogP contribution in [0.1, 0.15) is 22.3 Å². The fraction of sp³-hybridized carbons (Fsp3) is 0.174. The standard InChI is InChI=1S/C23H22ClN3O4/c1-29-21-9-4-6-18(16-26-27-23(28)17-10-12-25-13-11-17)22(21)31-15-5-14-30-20-8-3-2-7-19(20)24/h2-4,6-13,16H,5,14-15H2,1H3,(H,27,28). The number of rotatable bonds is 10. The Bertz CT molecular complexity index is 1030. The predicted octanol–water partition coefficient (Wildman–Crippen LogP) is 4.36. The van der Waals surface area contributed by atoms with E-state index in [9.17, 15) is 4.79 Å². The van der Waals surface area contributed by atoms with Crippen LogP contribution in [-0.2, 0) is 0 Å². The van der Waals surface area contributed by atoms with Gasteiger partial charge in [-0.3, -0.25) is 9.78 Å². The van der Waals surface area contributed by atoms with Crippen LogP contribution in [0, 0.1) is 0 Å². The normalized spacial score (nSPS) is 10.6. The molecular weight excluding hydrogens is 418 g/mol. The smallest absolute Gasteiger partial charge is 0.271 e. The lowest BCUT2D eigenvalue weighted by Gasteiger charge is -2.13. The minimum atomic E-state index is -0.333. The molecule has 0 saturated heterocycles. The summed E-state index contributed by atoms with van der Waals surface area (Å²) in [5.41, 5.74) is 3.62. The molecule has 2 aromatic carbocycles. The number of hydrazone groups is 1. The second kappa shape index (κ2) is 11.6. The van der Waals surface area contributed by atoms with E-state index in [1.807, 2.05) is 30.3 Å².